The number of thiol groups is 1. The smallest absolute Gasteiger partial charge is 0.154 e. The van der Waals surface area contributed by atoms with E-state index in [0.717, 1.165) is 23.0 Å². The van der Waals surface area contributed by atoms with Crippen LogP contribution in [0.5, 0.6) is 0 Å². The van der Waals surface area contributed by atoms with Crippen LogP contribution in [0, 0.1) is 0 Å². The van der Waals surface area contributed by atoms with Crippen LogP contribution in [0.25, 0.3) is 0 Å². The lowest BCUT2D eigenvalue weighted by molar-refractivity contribution is 0.0954. The topological polar surface area (TPSA) is 51.7 Å². The van der Waals surface area contributed by atoms with E-state index in [2.05, 4.69) is 54.7 Å². The summed E-state index contributed by atoms with van der Waals surface area (Å²) in [7, 11) is 0. The van der Waals surface area contributed by atoms with E-state index < -0.39 is 0 Å². The number of rotatable bonds is 2. The second-order valence-electron chi connectivity index (χ2n) is 4.68. The molecule has 0 unspecified atom stereocenters. The molecule has 1 aliphatic rings. The molecule has 0 saturated heterocycles. The van der Waals surface area contributed by atoms with E-state index in [9.17, 15) is 0 Å². The Bertz CT molecular complexity index is 316. The van der Waals surface area contributed by atoms with Crippen LogP contribution in [0.1, 0.15) is 34.6 Å². The number of hydrogen-bond acceptors (Lipinski definition) is 5. The summed E-state index contributed by atoms with van der Waals surface area (Å²) < 4.78 is 0. The molecule has 5 nitrogen and oxygen atoms in total. The predicted molar refractivity (Wildman–Crippen MR) is 70.7 cm³/mol. The molecule has 1 heterocycles. The van der Waals surface area contributed by atoms with Gasteiger partial charge in [-0.3, -0.25) is 15.8 Å². The maximum atomic E-state index is 4.58. The molecule has 16 heavy (non-hydrogen) atoms. The number of aliphatic imine (C=N–C) groups is 1. The predicted octanol–water partition coefficient (Wildman–Crippen LogP) is 1.19. The molecule has 0 aromatic rings. The van der Waals surface area contributed by atoms with Crippen LogP contribution in [0.3, 0.4) is 0 Å². The number of hydrazine groups is 3. The molecule has 1 aliphatic heterocycles. The van der Waals surface area contributed by atoms with Crippen molar-refractivity contribution in [2.24, 2.45) is 4.99 Å². The van der Waals surface area contributed by atoms with E-state index in [1.807, 2.05) is 13.8 Å². The largest absolute Gasteiger partial charge is 0.290 e. The molecular weight excluding hydrogens is 222 g/mol. The minimum Gasteiger partial charge on any atom is -0.290 e. The summed E-state index contributed by atoms with van der Waals surface area (Å²) >= 11 is 4.44. The third kappa shape index (κ3) is 3.70. The van der Waals surface area contributed by atoms with E-state index >= 15 is 0 Å². The summed E-state index contributed by atoms with van der Waals surface area (Å²) in [6, 6.07) is 0. The molecule has 0 fully saturated rings. The zero-order chi connectivity index (χ0) is 12.3. The quantitative estimate of drug-likeness (QED) is 0.550. The van der Waals surface area contributed by atoms with Crippen molar-refractivity contribution in [2.45, 2.75) is 40.2 Å². The van der Waals surface area contributed by atoms with Gasteiger partial charge in [0.15, 0.2) is 5.84 Å². The molecule has 92 valence electrons. The van der Waals surface area contributed by atoms with Crippen molar-refractivity contribution >= 4 is 18.5 Å². The van der Waals surface area contributed by atoms with Crippen molar-refractivity contribution in [1.82, 2.24) is 21.5 Å². The Morgan fingerprint density at radius 3 is 2.50 bits per heavy atom. The molecule has 0 spiro atoms. The van der Waals surface area contributed by atoms with E-state index in [4.69, 9.17) is 0 Å². The Kier molecular flexibility index (Phi) is 4.23. The van der Waals surface area contributed by atoms with E-state index in [-0.39, 0.29) is 5.54 Å². The molecule has 0 aromatic carbocycles. The van der Waals surface area contributed by atoms with Crippen molar-refractivity contribution in [2.75, 3.05) is 6.54 Å². The van der Waals surface area contributed by atoms with Gasteiger partial charge in [0.05, 0.1) is 10.4 Å². The summed E-state index contributed by atoms with van der Waals surface area (Å²) in [4.78, 5) is 5.42. The Labute approximate surface area is 103 Å². The average Bonchev–Trinajstić information content (AvgIpc) is 2.11. The Hall–Kier alpha value is -0.720. The van der Waals surface area contributed by atoms with Gasteiger partial charge in [-0.2, -0.15) is 0 Å². The maximum absolute atomic E-state index is 4.58. The fraction of sp³-hybridized carbons (Fsp3) is 0.700. The highest BCUT2D eigenvalue weighted by Crippen LogP contribution is 2.15. The van der Waals surface area contributed by atoms with E-state index in [1.165, 1.54) is 0 Å². The first-order valence-electron chi connectivity index (χ1n) is 5.40. The molecule has 3 N–H and O–H groups in total. The van der Waals surface area contributed by atoms with Crippen molar-refractivity contribution in [1.29, 1.82) is 0 Å². The lowest BCUT2D eigenvalue weighted by atomic mass is 10.1. The summed E-state index contributed by atoms with van der Waals surface area (Å²) in [5.74, 6) is 0.771. The first-order chi connectivity index (χ1) is 7.33. The number of allylic oxidation sites excluding steroid dienone is 1. The molecule has 0 aliphatic carbocycles. The average molecular weight is 243 g/mol. The monoisotopic (exact) mass is 243 g/mol. The number of amidine groups is 1. The van der Waals surface area contributed by atoms with Gasteiger partial charge in [-0.15, -0.1) is 12.6 Å². The maximum Gasteiger partial charge on any atom is 0.154 e. The van der Waals surface area contributed by atoms with E-state index in [0.29, 0.717) is 0 Å². The lowest BCUT2D eigenvalue weighted by Gasteiger charge is -2.32. The highest BCUT2D eigenvalue weighted by Gasteiger charge is 2.20. The molecule has 0 atom stereocenters. The summed E-state index contributed by atoms with van der Waals surface area (Å²) in [6.45, 7) is 11.0. The van der Waals surface area contributed by atoms with Crippen LogP contribution in [-0.4, -0.2) is 23.1 Å². The van der Waals surface area contributed by atoms with Crippen LogP contribution in [-0.2, 0) is 0 Å². The van der Waals surface area contributed by atoms with Crippen molar-refractivity contribution in [3.63, 3.8) is 0 Å². The Balaban J connectivity index is 2.92. The highest BCUT2D eigenvalue weighted by atomic mass is 32.1. The molecule has 0 aromatic heterocycles. The van der Waals surface area contributed by atoms with Gasteiger partial charge in [-0.05, 0) is 27.7 Å². The first-order valence-corrected chi connectivity index (χ1v) is 5.85. The lowest BCUT2D eigenvalue weighted by Crippen LogP contribution is -2.60. The molecule has 0 saturated carbocycles. The summed E-state index contributed by atoms with van der Waals surface area (Å²) in [5.41, 5.74) is 10.2. The fourth-order valence-corrected chi connectivity index (χ4v) is 1.39. The normalized spacial score (nSPS) is 21.0. The summed E-state index contributed by atoms with van der Waals surface area (Å²) in [6.07, 6.45) is 0. The van der Waals surface area contributed by atoms with Gasteiger partial charge >= 0.3 is 0 Å². The van der Waals surface area contributed by atoms with Gasteiger partial charge in [0.25, 0.3) is 0 Å². The molecule has 6 heteroatoms. The zero-order valence-corrected chi connectivity index (χ0v) is 11.4. The first kappa shape index (κ1) is 13.3. The minimum atomic E-state index is -0.133. The van der Waals surface area contributed by atoms with Gasteiger partial charge < -0.3 is 0 Å². The summed E-state index contributed by atoms with van der Waals surface area (Å²) in [5, 5.41) is 1.69. The van der Waals surface area contributed by atoms with Crippen molar-refractivity contribution < 1.29 is 0 Å². The SMILES string of the molecule is CCNN1NC(=NC(C)(C)C)C(S)=C(C)N1. The minimum absolute atomic E-state index is 0.133. The van der Waals surface area contributed by atoms with Gasteiger partial charge in [0, 0.05) is 12.2 Å². The van der Waals surface area contributed by atoms with Crippen LogP contribution in [0.4, 0.5) is 0 Å². The fourth-order valence-electron chi connectivity index (χ4n) is 1.24. The zero-order valence-electron chi connectivity index (χ0n) is 10.5. The second kappa shape index (κ2) is 5.07. The van der Waals surface area contributed by atoms with Gasteiger partial charge in [-0.25, -0.2) is 5.43 Å². The Morgan fingerprint density at radius 2 is 2.00 bits per heavy atom. The van der Waals surface area contributed by atoms with E-state index in [1.54, 1.807) is 5.23 Å². The second-order valence-corrected chi connectivity index (χ2v) is 5.12. The highest BCUT2D eigenvalue weighted by molar-refractivity contribution is 7.85. The van der Waals surface area contributed by atoms with Crippen LogP contribution >= 0.6 is 12.6 Å². The molecule has 0 amide bonds. The molecule has 1 rings (SSSR count). The Morgan fingerprint density at radius 1 is 1.38 bits per heavy atom. The van der Waals surface area contributed by atoms with Gasteiger partial charge in [0.1, 0.15) is 0 Å². The van der Waals surface area contributed by atoms with Crippen LogP contribution in [0.15, 0.2) is 15.6 Å². The van der Waals surface area contributed by atoms with Crippen molar-refractivity contribution in [3.05, 3.63) is 10.6 Å². The van der Waals surface area contributed by atoms with Gasteiger partial charge in [-0.1, -0.05) is 12.2 Å². The van der Waals surface area contributed by atoms with Crippen LogP contribution in [0.2, 0.25) is 0 Å². The molecule has 0 bridgehead atoms. The van der Waals surface area contributed by atoms with Crippen LogP contribution < -0.4 is 16.3 Å². The standard InChI is InChI=1S/C10H21N5S/c1-6-11-15-13-7(2)8(16)9(14-15)12-10(3,4)5/h11,13,16H,6H2,1-5H3,(H,12,14). The molecular formula is C10H21N5S. The van der Waals surface area contributed by atoms with Gasteiger partial charge in [0.2, 0.25) is 0 Å². The van der Waals surface area contributed by atoms with Crippen molar-refractivity contribution in [3.8, 4) is 0 Å². The number of nitrogens with zero attached hydrogens (tertiary/aromatic N) is 2. The number of nitrogens with one attached hydrogen (secondary N) is 3. The third-order valence-electron chi connectivity index (χ3n) is 1.84. The molecule has 0 radical (unpaired) electrons. The number of hydrogen-bond donors (Lipinski definition) is 4. The third-order valence-corrected chi connectivity index (χ3v) is 2.39.